The lowest BCUT2D eigenvalue weighted by molar-refractivity contribution is -0.148. The molecular weight excluding hydrogens is 238 g/mol. The summed E-state index contributed by atoms with van der Waals surface area (Å²) in [5, 5.41) is 8.65. The van der Waals surface area contributed by atoms with Crippen molar-refractivity contribution in [2.24, 2.45) is 5.92 Å². The van der Waals surface area contributed by atoms with Gasteiger partial charge in [0.25, 0.3) is 0 Å². The van der Waals surface area contributed by atoms with Crippen LogP contribution >= 0.6 is 0 Å². The number of nitrogens with zero attached hydrogens (tertiary/aromatic N) is 1. The number of ether oxygens (including phenoxy) is 1. The average molecular weight is 265 g/mol. The molecule has 0 amide bonds. The highest BCUT2D eigenvalue weighted by Gasteiger charge is 2.18. The molecule has 0 aliphatic heterocycles. The number of carbonyl (C=O) groups excluding carboxylic acids is 1. The van der Waals surface area contributed by atoms with Crippen LogP contribution in [0.3, 0.4) is 0 Å². The summed E-state index contributed by atoms with van der Waals surface area (Å²) in [6.45, 7) is 1.97. The van der Waals surface area contributed by atoms with Crippen molar-refractivity contribution in [3.05, 3.63) is 0 Å². The van der Waals surface area contributed by atoms with Gasteiger partial charge in [-0.05, 0) is 45.4 Å². The largest absolute Gasteiger partial charge is 0.462 e. The fourth-order valence-corrected chi connectivity index (χ4v) is 2.57. The fraction of sp³-hybridized carbons (Fsp3) is 0.875. The molecule has 1 aliphatic rings. The highest BCUT2D eigenvalue weighted by Crippen LogP contribution is 2.21. The van der Waals surface area contributed by atoms with Gasteiger partial charge in [0.1, 0.15) is 6.10 Å². The lowest BCUT2D eigenvalue weighted by atomic mass is 10.0. The van der Waals surface area contributed by atoms with Gasteiger partial charge in [0.05, 0.1) is 6.07 Å². The molecule has 1 rings (SSSR count). The van der Waals surface area contributed by atoms with Crippen LogP contribution in [0.2, 0.25) is 0 Å². The third-order valence-electron chi connectivity index (χ3n) is 3.84. The molecule has 19 heavy (non-hydrogen) atoms. The van der Waals surface area contributed by atoms with Crippen LogP contribution < -0.4 is 0 Å². The van der Waals surface area contributed by atoms with Crippen molar-refractivity contribution < 1.29 is 9.53 Å². The fourth-order valence-electron chi connectivity index (χ4n) is 2.57. The van der Waals surface area contributed by atoms with E-state index in [1.54, 1.807) is 0 Å². The Hall–Kier alpha value is -1.04. The third-order valence-corrected chi connectivity index (χ3v) is 3.84. The maximum atomic E-state index is 11.6. The molecule has 0 N–H and O–H groups in total. The minimum absolute atomic E-state index is 0.00926. The Balaban J connectivity index is 1.87. The lowest BCUT2D eigenvalue weighted by Crippen LogP contribution is -2.14. The minimum atomic E-state index is -0.00926. The topological polar surface area (TPSA) is 50.1 Å². The lowest BCUT2D eigenvalue weighted by Gasteiger charge is -2.10. The van der Waals surface area contributed by atoms with Crippen molar-refractivity contribution in [1.29, 1.82) is 5.26 Å². The predicted molar refractivity (Wildman–Crippen MR) is 75.4 cm³/mol. The molecule has 1 atom stereocenters. The Kier molecular flexibility index (Phi) is 8.29. The summed E-state index contributed by atoms with van der Waals surface area (Å²) in [6.07, 6.45) is 11.8. The molecule has 0 radical (unpaired) electrons. The summed E-state index contributed by atoms with van der Waals surface area (Å²) in [5.41, 5.74) is 0. The van der Waals surface area contributed by atoms with Crippen LogP contribution in [0.5, 0.6) is 0 Å². The number of hydrogen-bond acceptors (Lipinski definition) is 3. The Bertz CT molecular complexity index is 290. The molecule has 108 valence electrons. The Morgan fingerprint density at radius 3 is 2.53 bits per heavy atom. The van der Waals surface area contributed by atoms with Gasteiger partial charge in [-0.2, -0.15) is 5.26 Å². The van der Waals surface area contributed by atoms with Crippen LogP contribution in [0.4, 0.5) is 0 Å². The molecule has 0 heterocycles. The van der Waals surface area contributed by atoms with E-state index in [1.807, 2.05) is 6.92 Å². The monoisotopic (exact) mass is 265 g/mol. The number of esters is 1. The van der Waals surface area contributed by atoms with E-state index >= 15 is 0 Å². The van der Waals surface area contributed by atoms with Gasteiger partial charge in [-0.15, -0.1) is 0 Å². The second kappa shape index (κ2) is 9.83. The van der Waals surface area contributed by atoms with Crippen molar-refractivity contribution in [2.75, 3.05) is 0 Å². The molecule has 1 unspecified atom stereocenters. The highest BCUT2D eigenvalue weighted by atomic mass is 16.5. The van der Waals surface area contributed by atoms with Gasteiger partial charge in [0.2, 0.25) is 0 Å². The normalized spacial score (nSPS) is 17.1. The molecule has 1 aliphatic carbocycles. The predicted octanol–water partition coefficient (Wildman–Crippen LogP) is 4.36. The molecule has 0 spiro atoms. The second-order valence-electron chi connectivity index (χ2n) is 5.73. The number of rotatable bonds is 9. The zero-order valence-electron chi connectivity index (χ0n) is 12.2. The smallest absolute Gasteiger partial charge is 0.306 e. The van der Waals surface area contributed by atoms with E-state index in [-0.39, 0.29) is 18.0 Å². The first-order valence-electron chi connectivity index (χ1n) is 7.81. The average Bonchev–Trinajstić information content (AvgIpc) is 2.90. The van der Waals surface area contributed by atoms with Crippen LogP contribution in [0.25, 0.3) is 0 Å². The third kappa shape index (κ3) is 7.87. The second-order valence-corrected chi connectivity index (χ2v) is 5.73. The maximum Gasteiger partial charge on any atom is 0.306 e. The summed E-state index contributed by atoms with van der Waals surface area (Å²) >= 11 is 0. The van der Waals surface area contributed by atoms with E-state index in [0.717, 1.165) is 44.9 Å². The van der Waals surface area contributed by atoms with Crippen LogP contribution in [0.15, 0.2) is 0 Å². The number of unbranched alkanes of at least 4 members (excludes halogenated alkanes) is 4. The minimum Gasteiger partial charge on any atom is -0.462 e. The van der Waals surface area contributed by atoms with Gasteiger partial charge in [0, 0.05) is 12.3 Å². The van der Waals surface area contributed by atoms with Gasteiger partial charge < -0.3 is 4.74 Å². The van der Waals surface area contributed by atoms with E-state index in [4.69, 9.17) is 10.00 Å². The number of carbonyl (C=O) groups is 1. The Morgan fingerprint density at radius 1 is 1.21 bits per heavy atom. The molecule has 3 heteroatoms. The molecule has 1 saturated carbocycles. The van der Waals surface area contributed by atoms with Gasteiger partial charge in [-0.3, -0.25) is 4.79 Å². The van der Waals surface area contributed by atoms with E-state index < -0.39 is 0 Å². The summed E-state index contributed by atoms with van der Waals surface area (Å²) in [7, 11) is 0. The van der Waals surface area contributed by atoms with Crippen molar-refractivity contribution in [1.82, 2.24) is 0 Å². The molecule has 0 bridgehead atoms. The maximum absolute atomic E-state index is 11.6. The van der Waals surface area contributed by atoms with E-state index in [1.165, 1.54) is 19.3 Å². The van der Waals surface area contributed by atoms with Crippen LogP contribution in [0, 0.1) is 17.2 Å². The SMILES string of the molecule is CC(C#N)CCCCCCCC(=O)OC1CCCC1. The van der Waals surface area contributed by atoms with Crippen molar-refractivity contribution >= 4 is 5.97 Å². The molecule has 0 aromatic rings. The van der Waals surface area contributed by atoms with Crippen molar-refractivity contribution in [2.45, 2.75) is 83.7 Å². The summed E-state index contributed by atoms with van der Waals surface area (Å²) < 4.78 is 5.41. The molecule has 1 fully saturated rings. The van der Waals surface area contributed by atoms with Crippen LogP contribution in [-0.2, 0) is 9.53 Å². The quantitative estimate of drug-likeness (QED) is 0.459. The van der Waals surface area contributed by atoms with Gasteiger partial charge in [-0.1, -0.05) is 25.7 Å². The summed E-state index contributed by atoms with van der Waals surface area (Å²) in [5.74, 6) is 0.173. The van der Waals surface area contributed by atoms with Gasteiger partial charge in [0.15, 0.2) is 0 Å². The van der Waals surface area contributed by atoms with Crippen LogP contribution in [0.1, 0.15) is 77.6 Å². The Labute approximate surface area is 117 Å². The van der Waals surface area contributed by atoms with Crippen molar-refractivity contribution in [3.63, 3.8) is 0 Å². The summed E-state index contributed by atoms with van der Waals surface area (Å²) in [4.78, 5) is 11.6. The van der Waals surface area contributed by atoms with Crippen LogP contribution in [-0.4, -0.2) is 12.1 Å². The molecular formula is C16H27NO2. The first kappa shape index (κ1) is 16.0. The van der Waals surface area contributed by atoms with Gasteiger partial charge in [-0.25, -0.2) is 0 Å². The van der Waals surface area contributed by atoms with Gasteiger partial charge >= 0.3 is 5.97 Å². The summed E-state index contributed by atoms with van der Waals surface area (Å²) in [6, 6.07) is 2.26. The van der Waals surface area contributed by atoms with E-state index in [9.17, 15) is 4.79 Å². The Morgan fingerprint density at radius 2 is 1.84 bits per heavy atom. The zero-order chi connectivity index (χ0) is 13.9. The first-order valence-corrected chi connectivity index (χ1v) is 7.81. The molecule has 0 aromatic carbocycles. The number of hydrogen-bond donors (Lipinski definition) is 0. The highest BCUT2D eigenvalue weighted by molar-refractivity contribution is 5.69. The molecule has 0 saturated heterocycles. The van der Waals surface area contributed by atoms with E-state index in [2.05, 4.69) is 6.07 Å². The molecule has 0 aromatic heterocycles. The van der Waals surface area contributed by atoms with Crippen molar-refractivity contribution in [3.8, 4) is 6.07 Å². The first-order chi connectivity index (χ1) is 9.22. The number of nitriles is 1. The molecule has 3 nitrogen and oxygen atoms in total. The standard InChI is InChI=1S/C16H27NO2/c1-14(13-17)9-5-3-2-4-6-12-16(18)19-15-10-7-8-11-15/h14-15H,2-12H2,1H3. The zero-order valence-corrected chi connectivity index (χ0v) is 12.2. The van der Waals surface area contributed by atoms with E-state index in [0.29, 0.717) is 6.42 Å².